The Balaban J connectivity index is 1.44. The fourth-order valence-corrected chi connectivity index (χ4v) is 4.77. The van der Waals surface area contributed by atoms with Crippen LogP contribution in [0.3, 0.4) is 0 Å². The monoisotopic (exact) mass is 549 g/mol. The van der Waals surface area contributed by atoms with Gasteiger partial charge in [0, 0.05) is 0 Å². The third-order valence-electron chi connectivity index (χ3n) is 5.88. The molecular formula is C29H27NO8S. The maximum absolute atomic E-state index is 12.8. The van der Waals surface area contributed by atoms with Crippen molar-refractivity contribution in [3.63, 3.8) is 0 Å². The molecule has 0 bridgehead atoms. The normalized spacial score (nSPS) is 18.6. The van der Waals surface area contributed by atoms with E-state index >= 15 is 0 Å². The number of rotatable bonds is 9. The first kappa shape index (κ1) is 27.7. The van der Waals surface area contributed by atoms with Gasteiger partial charge in [-0.3, -0.25) is 4.79 Å². The minimum Gasteiger partial charge on any atom is -0.459 e. The molecule has 1 amide bonds. The van der Waals surface area contributed by atoms with Crippen LogP contribution in [0.5, 0.6) is 0 Å². The van der Waals surface area contributed by atoms with Crippen molar-refractivity contribution in [2.24, 2.45) is 0 Å². The summed E-state index contributed by atoms with van der Waals surface area (Å²) in [6, 6.07) is 22.9. The molecule has 9 nitrogen and oxygen atoms in total. The molecule has 0 aliphatic carbocycles. The molecule has 1 aliphatic heterocycles. The molecule has 1 heterocycles. The SMILES string of the molecule is Cc1ccc(S(=O)(=O)CNC(=O)C2C=C[C@H](OC(=O)c3ccccc3)[C@@H](COC(=O)c3ccccc3)O2)cc1. The quantitative estimate of drug-likeness (QED) is 0.319. The average molecular weight is 550 g/mol. The highest BCUT2D eigenvalue weighted by Gasteiger charge is 2.35. The van der Waals surface area contributed by atoms with E-state index in [1.165, 1.54) is 24.3 Å². The van der Waals surface area contributed by atoms with Gasteiger partial charge in [-0.05, 0) is 55.5 Å². The number of ether oxygens (including phenoxy) is 3. The lowest BCUT2D eigenvalue weighted by molar-refractivity contribution is -0.140. The molecule has 202 valence electrons. The third kappa shape index (κ3) is 7.40. The zero-order valence-electron chi connectivity index (χ0n) is 21.1. The Kier molecular flexibility index (Phi) is 8.90. The maximum Gasteiger partial charge on any atom is 0.338 e. The predicted octanol–water partition coefficient (Wildman–Crippen LogP) is 3.25. The van der Waals surface area contributed by atoms with Gasteiger partial charge >= 0.3 is 11.9 Å². The summed E-state index contributed by atoms with van der Waals surface area (Å²) >= 11 is 0. The van der Waals surface area contributed by atoms with Crippen LogP contribution >= 0.6 is 0 Å². The highest BCUT2D eigenvalue weighted by atomic mass is 32.2. The Bertz CT molecular complexity index is 1440. The average Bonchev–Trinajstić information content (AvgIpc) is 2.96. The number of benzene rings is 3. The molecule has 1 unspecified atom stereocenters. The Labute approximate surface area is 226 Å². The fraction of sp³-hybridized carbons (Fsp3) is 0.207. The molecule has 3 atom stereocenters. The van der Waals surface area contributed by atoms with Crippen LogP contribution in [0.2, 0.25) is 0 Å². The van der Waals surface area contributed by atoms with Gasteiger partial charge in [0.25, 0.3) is 5.91 Å². The standard InChI is InChI=1S/C29H27NO8S/c1-20-12-14-23(15-13-20)39(34,35)19-30-27(31)25-17-16-24(38-29(33)22-10-6-3-7-11-22)26(37-25)18-36-28(32)21-8-4-2-5-9-21/h2-17,24-26H,18-19H2,1H3,(H,30,31)/t24-,25?,26+/m0/s1. The molecule has 1 N–H and O–H groups in total. The third-order valence-corrected chi connectivity index (χ3v) is 7.39. The van der Waals surface area contributed by atoms with E-state index in [0.29, 0.717) is 11.1 Å². The number of carbonyl (C=O) groups excluding carboxylic acids is 3. The number of sulfone groups is 1. The van der Waals surface area contributed by atoms with Gasteiger partial charge in [-0.1, -0.05) is 54.1 Å². The van der Waals surface area contributed by atoms with Gasteiger partial charge in [0.1, 0.15) is 24.7 Å². The summed E-state index contributed by atoms with van der Waals surface area (Å²) in [4.78, 5) is 38.0. The Morgan fingerprint density at radius 2 is 1.41 bits per heavy atom. The van der Waals surface area contributed by atoms with Gasteiger partial charge in [0.15, 0.2) is 15.9 Å². The van der Waals surface area contributed by atoms with E-state index < -0.39 is 51.9 Å². The van der Waals surface area contributed by atoms with Crippen LogP contribution < -0.4 is 5.32 Å². The molecule has 4 rings (SSSR count). The van der Waals surface area contributed by atoms with E-state index in [2.05, 4.69) is 5.32 Å². The number of nitrogens with one attached hydrogen (secondary N) is 1. The minimum absolute atomic E-state index is 0.0760. The van der Waals surface area contributed by atoms with Crippen molar-refractivity contribution in [2.75, 3.05) is 12.5 Å². The molecule has 0 radical (unpaired) electrons. The van der Waals surface area contributed by atoms with Crippen molar-refractivity contribution in [3.05, 3.63) is 114 Å². The smallest absolute Gasteiger partial charge is 0.338 e. The number of amides is 1. The lowest BCUT2D eigenvalue weighted by Gasteiger charge is -2.31. The van der Waals surface area contributed by atoms with E-state index in [4.69, 9.17) is 14.2 Å². The zero-order chi connectivity index (χ0) is 27.8. The molecule has 0 aromatic heterocycles. The molecule has 0 spiro atoms. The van der Waals surface area contributed by atoms with Gasteiger partial charge in [0.05, 0.1) is 16.0 Å². The minimum atomic E-state index is -3.78. The number of carbonyl (C=O) groups is 3. The largest absolute Gasteiger partial charge is 0.459 e. The topological polar surface area (TPSA) is 125 Å². The molecule has 39 heavy (non-hydrogen) atoms. The van der Waals surface area contributed by atoms with Crippen molar-refractivity contribution >= 4 is 27.7 Å². The van der Waals surface area contributed by atoms with Gasteiger partial charge in [0.2, 0.25) is 0 Å². The number of hydrogen-bond donors (Lipinski definition) is 1. The van der Waals surface area contributed by atoms with Crippen LogP contribution in [0.15, 0.2) is 102 Å². The van der Waals surface area contributed by atoms with Crippen molar-refractivity contribution < 1.29 is 37.0 Å². The molecule has 1 aliphatic rings. The summed E-state index contributed by atoms with van der Waals surface area (Å²) in [6.07, 6.45) is -0.372. The summed E-state index contributed by atoms with van der Waals surface area (Å²) in [5.41, 5.74) is 1.53. The van der Waals surface area contributed by atoms with Gasteiger partial charge in [-0.15, -0.1) is 0 Å². The van der Waals surface area contributed by atoms with Crippen molar-refractivity contribution in [1.82, 2.24) is 5.32 Å². The van der Waals surface area contributed by atoms with E-state index in [9.17, 15) is 22.8 Å². The molecule has 3 aromatic carbocycles. The van der Waals surface area contributed by atoms with Crippen LogP contribution in [-0.4, -0.2) is 57.1 Å². The van der Waals surface area contributed by atoms with Crippen LogP contribution in [-0.2, 0) is 28.8 Å². The zero-order valence-corrected chi connectivity index (χ0v) is 21.9. The number of esters is 2. The van der Waals surface area contributed by atoms with Gasteiger partial charge in [-0.25, -0.2) is 18.0 Å². The summed E-state index contributed by atoms with van der Waals surface area (Å²) < 4.78 is 42.0. The summed E-state index contributed by atoms with van der Waals surface area (Å²) in [5.74, 6) is -2.59. The van der Waals surface area contributed by atoms with Gasteiger partial charge in [-0.2, -0.15) is 0 Å². The molecule has 0 saturated carbocycles. The van der Waals surface area contributed by atoms with Crippen LogP contribution in [0, 0.1) is 6.92 Å². The van der Waals surface area contributed by atoms with Gasteiger partial charge < -0.3 is 19.5 Å². The number of aryl methyl sites for hydroxylation is 1. The second-order valence-corrected chi connectivity index (χ2v) is 10.8. The summed E-state index contributed by atoms with van der Waals surface area (Å²) in [6.45, 7) is 1.51. The highest BCUT2D eigenvalue weighted by molar-refractivity contribution is 7.91. The summed E-state index contributed by atoms with van der Waals surface area (Å²) in [7, 11) is -3.78. The van der Waals surface area contributed by atoms with E-state index in [1.54, 1.807) is 72.8 Å². The molecule has 0 saturated heterocycles. The fourth-order valence-electron chi connectivity index (χ4n) is 3.72. The maximum atomic E-state index is 12.8. The van der Waals surface area contributed by atoms with Crippen LogP contribution in [0.25, 0.3) is 0 Å². The first-order chi connectivity index (χ1) is 18.7. The number of hydrogen-bond acceptors (Lipinski definition) is 8. The Morgan fingerprint density at radius 3 is 2.03 bits per heavy atom. The lowest BCUT2D eigenvalue weighted by Crippen LogP contribution is -2.47. The molecule has 0 fully saturated rings. The van der Waals surface area contributed by atoms with E-state index in [-0.39, 0.29) is 11.5 Å². The molecule has 3 aromatic rings. The Morgan fingerprint density at radius 1 is 0.821 bits per heavy atom. The Hall–Kier alpha value is -4.28. The van der Waals surface area contributed by atoms with Crippen molar-refractivity contribution in [2.45, 2.75) is 30.1 Å². The molecular weight excluding hydrogens is 522 g/mol. The lowest BCUT2D eigenvalue weighted by atomic mass is 10.1. The van der Waals surface area contributed by atoms with Crippen molar-refractivity contribution in [3.8, 4) is 0 Å². The van der Waals surface area contributed by atoms with E-state index in [1.807, 2.05) is 6.92 Å². The highest BCUT2D eigenvalue weighted by Crippen LogP contribution is 2.20. The van der Waals surface area contributed by atoms with E-state index in [0.717, 1.165) is 5.56 Å². The van der Waals surface area contributed by atoms with Crippen molar-refractivity contribution in [1.29, 1.82) is 0 Å². The second kappa shape index (κ2) is 12.5. The second-order valence-electron chi connectivity index (χ2n) is 8.79. The predicted molar refractivity (Wildman–Crippen MR) is 142 cm³/mol. The molecule has 10 heteroatoms. The first-order valence-corrected chi connectivity index (χ1v) is 13.8. The summed E-state index contributed by atoms with van der Waals surface area (Å²) in [5, 5.41) is 2.38. The van der Waals surface area contributed by atoms with Crippen LogP contribution in [0.4, 0.5) is 0 Å². The first-order valence-electron chi connectivity index (χ1n) is 12.1. The van der Waals surface area contributed by atoms with Crippen LogP contribution in [0.1, 0.15) is 26.3 Å².